The summed E-state index contributed by atoms with van der Waals surface area (Å²) in [4.78, 5) is 11.2. The molecule has 1 rings (SSSR count). The first-order valence-electron chi connectivity index (χ1n) is 2.64. The second-order valence-electron chi connectivity index (χ2n) is 1.73. The number of alkyl halides is 1. The Bertz CT molecular complexity index is 325. The van der Waals surface area contributed by atoms with Gasteiger partial charge in [-0.1, -0.05) is 0 Å². The summed E-state index contributed by atoms with van der Waals surface area (Å²) in [6, 6.07) is 0.0602. The van der Waals surface area contributed by atoms with Crippen LogP contribution in [0.15, 0.2) is 19.9 Å². The average molecular weight is 302 g/mol. The van der Waals surface area contributed by atoms with Crippen LogP contribution in [0.1, 0.15) is 0 Å². The van der Waals surface area contributed by atoms with E-state index in [-0.39, 0.29) is 11.6 Å². The zero-order chi connectivity index (χ0) is 8.43. The lowest BCUT2D eigenvalue weighted by molar-refractivity contribution is 0.680. The quantitative estimate of drug-likeness (QED) is 0.743. The van der Waals surface area contributed by atoms with Gasteiger partial charge < -0.3 is 0 Å². The molecule has 0 aliphatic heterocycles. The zero-order valence-corrected chi connectivity index (χ0v) is 9.15. The number of aromatic nitrogens is 2. The lowest BCUT2D eigenvalue weighted by atomic mass is 10.6. The van der Waals surface area contributed by atoms with Crippen LogP contribution in [0.2, 0.25) is 0 Å². The van der Waals surface area contributed by atoms with E-state index < -0.39 is 0 Å². The summed E-state index contributed by atoms with van der Waals surface area (Å²) in [5.74, 6) is 0. The van der Waals surface area contributed by atoms with Crippen LogP contribution in [0.4, 0.5) is 0 Å². The van der Waals surface area contributed by atoms with E-state index in [1.54, 1.807) is 0 Å². The molecule has 0 aromatic carbocycles. The fraction of sp³-hybridized carbons (Fsp3) is 0.200. The summed E-state index contributed by atoms with van der Waals surface area (Å²) in [5.41, 5.74) is -0.241. The van der Waals surface area contributed by atoms with Gasteiger partial charge in [0.05, 0.1) is 10.7 Å². The Balaban J connectivity index is 3.37. The monoisotopic (exact) mass is 300 g/mol. The molecule has 0 amide bonds. The highest BCUT2D eigenvalue weighted by molar-refractivity contribution is 9.13. The lowest BCUT2D eigenvalue weighted by Crippen LogP contribution is -2.21. The third kappa shape index (κ3) is 1.83. The van der Waals surface area contributed by atoms with Gasteiger partial charge in [-0.25, -0.2) is 4.68 Å². The maximum Gasteiger partial charge on any atom is 0.283 e. The first-order chi connectivity index (χ1) is 5.16. The summed E-state index contributed by atoms with van der Waals surface area (Å²) < 4.78 is 2.22. The minimum absolute atomic E-state index is 0.0602. The van der Waals surface area contributed by atoms with Crippen LogP contribution in [-0.2, 0) is 6.00 Å². The van der Waals surface area contributed by atoms with Crippen molar-refractivity contribution in [1.29, 1.82) is 0 Å². The highest BCUT2D eigenvalue weighted by atomic mass is 79.9. The van der Waals surface area contributed by atoms with Gasteiger partial charge >= 0.3 is 0 Å². The van der Waals surface area contributed by atoms with E-state index in [0.717, 1.165) is 4.68 Å². The molecule has 0 saturated heterocycles. The fourth-order valence-corrected chi connectivity index (χ4v) is 1.27. The van der Waals surface area contributed by atoms with Crippen molar-refractivity contribution in [1.82, 2.24) is 9.78 Å². The van der Waals surface area contributed by atoms with E-state index >= 15 is 0 Å². The molecule has 0 aliphatic carbocycles. The largest absolute Gasteiger partial charge is 0.283 e. The summed E-state index contributed by atoms with van der Waals surface area (Å²) in [6.45, 7) is 0. The van der Waals surface area contributed by atoms with E-state index in [9.17, 15) is 4.79 Å². The van der Waals surface area contributed by atoms with Crippen LogP contribution in [0.3, 0.4) is 0 Å². The Kier molecular flexibility index (Phi) is 3.09. The molecule has 0 spiro atoms. The van der Waals surface area contributed by atoms with Crippen molar-refractivity contribution >= 4 is 43.5 Å². The predicted octanol–water partition coefficient (Wildman–Crippen LogP) is 1.96. The summed E-state index contributed by atoms with van der Waals surface area (Å²) in [6.07, 6.45) is 1.51. The summed E-state index contributed by atoms with van der Waals surface area (Å²) in [7, 11) is 0. The van der Waals surface area contributed by atoms with Gasteiger partial charge in [0.1, 0.15) is 10.5 Å². The average Bonchev–Trinajstić information content (AvgIpc) is 2.01. The normalized spacial score (nSPS) is 10.1. The molecule has 60 valence electrons. The van der Waals surface area contributed by atoms with Gasteiger partial charge in [0.25, 0.3) is 5.56 Å². The third-order valence-electron chi connectivity index (χ3n) is 1.06. The van der Waals surface area contributed by atoms with Crippen LogP contribution < -0.4 is 5.56 Å². The Morgan fingerprint density at radius 3 is 2.82 bits per heavy atom. The minimum atomic E-state index is -0.241. The molecular weight excluding hydrogens is 299 g/mol. The Morgan fingerprint density at radius 1 is 1.64 bits per heavy atom. The van der Waals surface area contributed by atoms with Gasteiger partial charge in [0.15, 0.2) is 0 Å². The van der Waals surface area contributed by atoms with E-state index in [0.29, 0.717) is 8.95 Å². The first kappa shape index (κ1) is 9.22. The standard InChI is InChI=1S/C5H3Br2ClN2O/c6-3-1-9-10(2-8)5(11)4(3)7/h1H,2H2. The number of rotatable bonds is 1. The van der Waals surface area contributed by atoms with Crippen molar-refractivity contribution < 1.29 is 0 Å². The molecule has 0 bridgehead atoms. The molecule has 0 N–H and O–H groups in total. The second-order valence-corrected chi connectivity index (χ2v) is 3.62. The number of hydrogen-bond acceptors (Lipinski definition) is 2. The van der Waals surface area contributed by atoms with Crippen LogP contribution in [-0.4, -0.2) is 9.78 Å². The molecular formula is C5H3Br2ClN2O. The van der Waals surface area contributed by atoms with E-state index in [2.05, 4.69) is 37.0 Å². The predicted molar refractivity (Wildman–Crippen MR) is 49.8 cm³/mol. The fourth-order valence-electron chi connectivity index (χ4n) is 0.530. The smallest absolute Gasteiger partial charge is 0.266 e. The Hall–Kier alpha value is 0.130. The molecule has 6 heteroatoms. The van der Waals surface area contributed by atoms with Gasteiger partial charge in [-0.3, -0.25) is 4.79 Å². The van der Waals surface area contributed by atoms with Crippen molar-refractivity contribution in [3.8, 4) is 0 Å². The van der Waals surface area contributed by atoms with Gasteiger partial charge in [0.2, 0.25) is 0 Å². The molecule has 0 radical (unpaired) electrons. The molecule has 0 atom stereocenters. The molecule has 1 heterocycles. The van der Waals surface area contributed by atoms with Crippen LogP contribution in [0.5, 0.6) is 0 Å². The Labute approximate surface area is 84.6 Å². The molecule has 3 nitrogen and oxygen atoms in total. The van der Waals surface area contributed by atoms with Crippen molar-refractivity contribution in [3.05, 3.63) is 25.5 Å². The SMILES string of the molecule is O=c1c(Br)c(Br)cnn1CCl. The van der Waals surface area contributed by atoms with Crippen molar-refractivity contribution in [2.75, 3.05) is 0 Å². The topological polar surface area (TPSA) is 34.9 Å². The molecule has 1 aromatic rings. The second kappa shape index (κ2) is 3.69. The van der Waals surface area contributed by atoms with Crippen LogP contribution in [0, 0.1) is 0 Å². The molecule has 0 saturated carbocycles. The van der Waals surface area contributed by atoms with Crippen molar-refractivity contribution in [3.63, 3.8) is 0 Å². The molecule has 0 fully saturated rings. The van der Waals surface area contributed by atoms with E-state index in [1.807, 2.05) is 0 Å². The molecule has 1 aromatic heterocycles. The zero-order valence-electron chi connectivity index (χ0n) is 5.22. The maximum atomic E-state index is 11.2. The molecule has 0 unspecified atom stereocenters. The van der Waals surface area contributed by atoms with Crippen LogP contribution in [0.25, 0.3) is 0 Å². The van der Waals surface area contributed by atoms with Gasteiger partial charge in [-0.15, -0.1) is 11.6 Å². The first-order valence-corrected chi connectivity index (χ1v) is 4.76. The molecule has 11 heavy (non-hydrogen) atoms. The van der Waals surface area contributed by atoms with Gasteiger partial charge in [0, 0.05) is 0 Å². The maximum absolute atomic E-state index is 11.2. The minimum Gasteiger partial charge on any atom is -0.266 e. The number of halogens is 3. The van der Waals surface area contributed by atoms with Crippen molar-refractivity contribution in [2.24, 2.45) is 0 Å². The third-order valence-corrected chi connectivity index (χ3v) is 3.18. The van der Waals surface area contributed by atoms with Gasteiger partial charge in [-0.2, -0.15) is 5.10 Å². The van der Waals surface area contributed by atoms with Gasteiger partial charge in [-0.05, 0) is 31.9 Å². The number of hydrogen-bond donors (Lipinski definition) is 0. The highest BCUT2D eigenvalue weighted by Crippen LogP contribution is 2.16. The van der Waals surface area contributed by atoms with Crippen molar-refractivity contribution in [2.45, 2.75) is 6.00 Å². The van der Waals surface area contributed by atoms with Crippen LogP contribution >= 0.6 is 43.5 Å². The van der Waals surface area contributed by atoms with E-state index in [4.69, 9.17) is 11.6 Å². The summed E-state index contributed by atoms with van der Waals surface area (Å²) in [5, 5.41) is 3.75. The molecule has 0 aliphatic rings. The number of nitrogens with zero attached hydrogens (tertiary/aromatic N) is 2. The summed E-state index contributed by atoms with van der Waals surface area (Å²) >= 11 is 11.7. The lowest BCUT2D eigenvalue weighted by Gasteiger charge is -1.99. The van der Waals surface area contributed by atoms with E-state index in [1.165, 1.54) is 6.20 Å². The Morgan fingerprint density at radius 2 is 2.27 bits per heavy atom. The highest BCUT2D eigenvalue weighted by Gasteiger charge is 2.04.